The Morgan fingerprint density at radius 2 is 0.877 bits per heavy atom. The van der Waals surface area contributed by atoms with E-state index in [2.05, 4.69) is 211 Å². The summed E-state index contributed by atoms with van der Waals surface area (Å²) in [6.07, 6.45) is 0. The predicted octanol–water partition coefficient (Wildman–Crippen LogP) is 14.0. The third-order valence-corrected chi connectivity index (χ3v) is 13.3. The molecule has 10 aromatic rings. The maximum Gasteiger partial charge on any atom is 0.0725 e. The molecule has 1 heterocycles. The van der Waals surface area contributed by atoms with E-state index >= 15 is 0 Å². The van der Waals surface area contributed by atoms with Gasteiger partial charge in [0, 0.05) is 22.4 Å². The Balaban J connectivity index is 0.966. The summed E-state index contributed by atoms with van der Waals surface area (Å²) >= 11 is 0. The number of nitrogens with zero attached hydrogens (tertiary/aromatic N) is 1. The first-order valence-corrected chi connectivity index (χ1v) is 20.0. The number of rotatable bonds is 3. The van der Waals surface area contributed by atoms with Gasteiger partial charge in [0.1, 0.15) is 0 Å². The van der Waals surface area contributed by atoms with Crippen LogP contribution in [0.4, 0.5) is 0 Å². The lowest BCUT2D eigenvalue weighted by molar-refractivity contribution is 0.793. The molecule has 1 atom stereocenters. The minimum Gasteiger partial charge on any atom is -0.309 e. The SMILES string of the molecule is c1ccc(-n2c3ccccc3c3cc(-c4ccc5c(c4)-c4ccccc4C5c4ccc5c(c4)-c4ccccc4C54c5ccccc5-c5ccccc54)ccc32)cc1. The van der Waals surface area contributed by atoms with Gasteiger partial charge in [-0.2, -0.15) is 0 Å². The minimum atomic E-state index is -0.327. The average Bonchev–Trinajstić information content (AvgIpc) is 3.98. The summed E-state index contributed by atoms with van der Waals surface area (Å²) in [5.41, 5.74) is 23.5. The van der Waals surface area contributed by atoms with Crippen molar-refractivity contribution in [1.82, 2.24) is 4.57 Å². The van der Waals surface area contributed by atoms with Crippen LogP contribution in [0.25, 0.3) is 72.0 Å². The van der Waals surface area contributed by atoms with E-state index in [1.165, 1.54) is 111 Å². The average molecular weight is 722 g/mol. The van der Waals surface area contributed by atoms with Crippen LogP contribution in [-0.4, -0.2) is 4.57 Å². The van der Waals surface area contributed by atoms with Gasteiger partial charge in [-0.1, -0.05) is 164 Å². The molecule has 1 aromatic heterocycles. The fourth-order valence-electron chi connectivity index (χ4n) is 11.0. The molecule has 13 rings (SSSR count). The highest BCUT2D eigenvalue weighted by Gasteiger charge is 2.51. The largest absolute Gasteiger partial charge is 0.309 e. The third-order valence-electron chi connectivity index (χ3n) is 13.3. The Morgan fingerprint density at radius 1 is 0.333 bits per heavy atom. The molecule has 0 fully saturated rings. The van der Waals surface area contributed by atoms with Crippen molar-refractivity contribution in [1.29, 1.82) is 0 Å². The van der Waals surface area contributed by atoms with E-state index in [-0.39, 0.29) is 11.3 Å². The molecule has 1 heteroatoms. The number of fused-ring (bicyclic) bond motifs is 16. The van der Waals surface area contributed by atoms with Gasteiger partial charge < -0.3 is 4.57 Å². The van der Waals surface area contributed by atoms with Crippen LogP contribution in [-0.2, 0) is 5.41 Å². The number of aromatic nitrogens is 1. The third kappa shape index (κ3) is 4.03. The molecule has 0 radical (unpaired) electrons. The van der Waals surface area contributed by atoms with E-state index < -0.39 is 0 Å². The van der Waals surface area contributed by atoms with Gasteiger partial charge in [0.05, 0.1) is 16.4 Å². The van der Waals surface area contributed by atoms with Crippen molar-refractivity contribution in [2.45, 2.75) is 11.3 Å². The summed E-state index contributed by atoms with van der Waals surface area (Å²) in [5, 5.41) is 2.55. The van der Waals surface area contributed by atoms with E-state index in [9.17, 15) is 0 Å². The maximum atomic E-state index is 2.52. The van der Waals surface area contributed by atoms with Crippen molar-refractivity contribution in [3.8, 4) is 50.2 Å². The zero-order valence-electron chi connectivity index (χ0n) is 31.2. The Hall–Kier alpha value is -7.22. The number of benzene rings is 9. The first-order valence-electron chi connectivity index (χ1n) is 20.0. The molecule has 0 N–H and O–H groups in total. The van der Waals surface area contributed by atoms with Crippen molar-refractivity contribution in [3.63, 3.8) is 0 Å². The van der Waals surface area contributed by atoms with Gasteiger partial charge in [0.15, 0.2) is 0 Å². The highest BCUT2D eigenvalue weighted by atomic mass is 15.0. The molecule has 9 aromatic carbocycles. The summed E-state index contributed by atoms with van der Waals surface area (Å²) in [4.78, 5) is 0. The lowest BCUT2D eigenvalue weighted by Gasteiger charge is -2.30. The Labute approximate surface area is 331 Å². The summed E-state index contributed by atoms with van der Waals surface area (Å²) in [6.45, 7) is 0. The van der Waals surface area contributed by atoms with Crippen molar-refractivity contribution in [2.75, 3.05) is 0 Å². The van der Waals surface area contributed by atoms with E-state index in [1.54, 1.807) is 0 Å². The summed E-state index contributed by atoms with van der Waals surface area (Å²) < 4.78 is 2.39. The minimum absolute atomic E-state index is 0.147. The highest BCUT2D eigenvalue weighted by Crippen LogP contribution is 2.63. The summed E-state index contributed by atoms with van der Waals surface area (Å²) in [7, 11) is 0. The fourth-order valence-corrected chi connectivity index (χ4v) is 11.0. The van der Waals surface area contributed by atoms with Crippen LogP contribution < -0.4 is 0 Å². The normalized spacial score (nSPS) is 15.0. The lowest BCUT2D eigenvalue weighted by atomic mass is 9.70. The molecule has 1 unspecified atom stereocenters. The zero-order valence-corrected chi connectivity index (χ0v) is 31.2. The molecule has 0 aliphatic heterocycles. The Kier molecular flexibility index (Phi) is 6.21. The molecule has 3 aliphatic rings. The number of hydrogen-bond acceptors (Lipinski definition) is 0. The van der Waals surface area contributed by atoms with E-state index in [4.69, 9.17) is 0 Å². The van der Waals surface area contributed by atoms with Crippen LogP contribution in [0.5, 0.6) is 0 Å². The first kappa shape index (κ1) is 31.0. The van der Waals surface area contributed by atoms with Gasteiger partial charge in [0.25, 0.3) is 0 Å². The van der Waals surface area contributed by atoms with E-state index in [0.717, 1.165) is 0 Å². The Morgan fingerprint density at radius 3 is 1.63 bits per heavy atom. The molecular formula is C56H35N. The zero-order chi connectivity index (χ0) is 37.2. The Bertz CT molecular complexity index is 3260. The van der Waals surface area contributed by atoms with Gasteiger partial charge in [-0.25, -0.2) is 0 Å². The van der Waals surface area contributed by atoms with Crippen LogP contribution in [0.1, 0.15) is 44.9 Å². The van der Waals surface area contributed by atoms with E-state index in [0.29, 0.717) is 0 Å². The molecule has 0 amide bonds. The van der Waals surface area contributed by atoms with Crippen molar-refractivity contribution >= 4 is 21.8 Å². The fraction of sp³-hybridized carbons (Fsp3) is 0.0357. The second-order valence-electron chi connectivity index (χ2n) is 15.9. The summed E-state index contributed by atoms with van der Waals surface area (Å²) in [5.74, 6) is 0.147. The van der Waals surface area contributed by atoms with Crippen molar-refractivity contribution in [2.24, 2.45) is 0 Å². The molecule has 0 saturated carbocycles. The molecular weight excluding hydrogens is 687 g/mol. The van der Waals surface area contributed by atoms with Gasteiger partial charge >= 0.3 is 0 Å². The van der Waals surface area contributed by atoms with Crippen LogP contribution >= 0.6 is 0 Å². The highest BCUT2D eigenvalue weighted by molar-refractivity contribution is 6.10. The van der Waals surface area contributed by atoms with Crippen LogP contribution in [0.15, 0.2) is 206 Å². The second kappa shape index (κ2) is 11.4. The van der Waals surface area contributed by atoms with Gasteiger partial charge in [-0.3, -0.25) is 0 Å². The maximum absolute atomic E-state index is 2.52. The van der Waals surface area contributed by atoms with Gasteiger partial charge in [0.2, 0.25) is 0 Å². The molecule has 264 valence electrons. The van der Waals surface area contributed by atoms with Crippen LogP contribution in [0.3, 0.4) is 0 Å². The van der Waals surface area contributed by atoms with Crippen molar-refractivity contribution < 1.29 is 0 Å². The van der Waals surface area contributed by atoms with Crippen LogP contribution in [0.2, 0.25) is 0 Å². The topological polar surface area (TPSA) is 4.93 Å². The monoisotopic (exact) mass is 721 g/mol. The molecule has 1 nitrogen and oxygen atoms in total. The predicted molar refractivity (Wildman–Crippen MR) is 235 cm³/mol. The van der Waals surface area contributed by atoms with Crippen molar-refractivity contribution in [3.05, 3.63) is 245 Å². The molecule has 0 bridgehead atoms. The molecule has 1 spiro atoms. The van der Waals surface area contributed by atoms with Gasteiger partial charge in [-0.05, 0) is 126 Å². The molecule has 57 heavy (non-hydrogen) atoms. The lowest BCUT2D eigenvalue weighted by Crippen LogP contribution is -2.25. The van der Waals surface area contributed by atoms with Gasteiger partial charge in [-0.15, -0.1) is 0 Å². The van der Waals surface area contributed by atoms with E-state index in [1.807, 2.05) is 0 Å². The molecule has 3 aliphatic carbocycles. The number of hydrogen-bond donors (Lipinski definition) is 0. The smallest absolute Gasteiger partial charge is 0.0725 e. The summed E-state index contributed by atoms with van der Waals surface area (Å²) in [6, 6.07) is 77.4. The standard InChI is InChI=1S/C56H35N/c1-2-14-38(15-3-1)57-53-25-13-9-20-43(53)48-33-36(28-31-54(48)57)35-26-29-45-46(32-35)39-16-4-5-21-44(39)55(45)37-27-30-52-47(34-37)42-19-8-12-24-51(42)56(52)49-22-10-6-17-40(49)41-18-7-11-23-50(41)56/h1-34,55H. The molecule has 0 saturated heterocycles. The quantitative estimate of drug-likeness (QED) is 0.171. The first-order chi connectivity index (χ1) is 28.3. The second-order valence-corrected chi connectivity index (χ2v) is 15.9. The van der Waals surface area contributed by atoms with Crippen LogP contribution in [0, 0.1) is 0 Å². The number of para-hydroxylation sites is 2.